The van der Waals surface area contributed by atoms with Crippen LogP contribution in [0.1, 0.15) is 5.69 Å². The molecule has 1 saturated heterocycles. The Bertz CT molecular complexity index is 654. The lowest BCUT2D eigenvalue weighted by molar-refractivity contribution is -0.120. The first-order valence-corrected chi connectivity index (χ1v) is 7.86. The monoisotopic (exact) mass is 348 g/mol. The van der Waals surface area contributed by atoms with Crippen molar-refractivity contribution < 1.29 is 9.53 Å². The molecule has 0 saturated carbocycles. The molecule has 21 heavy (non-hydrogen) atoms. The number of ether oxygens (including phenoxy) is 1. The number of aromatic nitrogens is 1. The normalized spacial score (nSPS) is 16.2. The predicted molar refractivity (Wildman–Crippen MR) is 85.4 cm³/mol. The van der Waals surface area contributed by atoms with Crippen molar-refractivity contribution in [2.75, 3.05) is 32.8 Å². The molecule has 2 aromatic rings. The molecule has 0 N–H and O–H groups in total. The van der Waals surface area contributed by atoms with Gasteiger partial charge >= 0.3 is 0 Å². The topological polar surface area (TPSA) is 42.4 Å². The van der Waals surface area contributed by atoms with Crippen LogP contribution in [-0.2, 0) is 16.0 Å². The zero-order valence-corrected chi connectivity index (χ0v) is 13.3. The average molecular weight is 349 g/mol. The van der Waals surface area contributed by atoms with E-state index in [-0.39, 0.29) is 5.78 Å². The van der Waals surface area contributed by atoms with E-state index in [2.05, 4.69) is 25.8 Å². The average Bonchev–Trinajstić information content (AvgIpc) is 2.47. The summed E-state index contributed by atoms with van der Waals surface area (Å²) in [6.07, 6.45) is 2.22. The lowest BCUT2D eigenvalue weighted by Gasteiger charge is -2.25. The Hall–Kier alpha value is -1.30. The molecule has 1 aliphatic heterocycles. The van der Waals surface area contributed by atoms with E-state index in [4.69, 9.17) is 4.74 Å². The van der Waals surface area contributed by atoms with Crippen LogP contribution in [0.3, 0.4) is 0 Å². The number of Topliss-reactive ketones (excluding diaryl/α,β-unsaturated/α-hetero) is 1. The summed E-state index contributed by atoms with van der Waals surface area (Å²) in [7, 11) is 0. The van der Waals surface area contributed by atoms with Crippen molar-refractivity contribution in [3.8, 4) is 0 Å². The Morgan fingerprint density at radius 1 is 1.24 bits per heavy atom. The summed E-state index contributed by atoms with van der Waals surface area (Å²) in [6, 6.07) is 8.06. The third kappa shape index (κ3) is 3.87. The first-order valence-electron chi connectivity index (χ1n) is 7.07. The molecule has 110 valence electrons. The van der Waals surface area contributed by atoms with Gasteiger partial charge in [-0.15, -0.1) is 0 Å². The highest BCUT2D eigenvalue weighted by Crippen LogP contribution is 2.20. The number of pyridine rings is 1. The van der Waals surface area contributed by atoms with E-state index >= 15 is 0 Å². The Kier molecular flexibility index (Phi) is 4.63. The molecule has 0 spiro atoms. The Morgan fingerprint density at radius 3 is 2.86 bits per heavy atom. The molecule has 0 bridgehead atoms. The highest BCUT2D eigenvalue weighted by molar-refractivity contribution is 9.10. The molecule has 3 rings (SSSR count). The zero-order chi connectivity index (χ0) is 14.7. The summed E-state index contributed by atoms with van der Waals surface area (Å²) in [5.41, 5.74) is 0.832. The van der Waals surface area contributed by atoms with E-state index in [9.17, 15) is 4.79 Å². The Morgan fingerprint density at radius 2 is 2.05 bits per heavy atom. The van der Waals surface area contributed by atoms with Crippen molar-refractivity contribution in [2.24, 2.45) is 0 Å². The zero-order valence-electron chi connectivity index (χ0n) is 11.7. The Labute approximate surface area is 132 Å². The Balaban J connectivity index is 1.67. The smallest absolute Gasteiger partial charge is 0.152 e. The van der Waals surface area contributed by atoms with Gasteiger partial charge in [0.1, 0.15) is 0 Å². The number of morpholine rings is 1. The molecular formula is C16H17BrN2O2. The second-order valence-corrected chi connectivity index (χ2v) is 6.19. The molecule has 1 aliphatic rings. The van der Waals surface area contributed by atoms with Crippen LogP contribution in [0.25, 0.3) is 10.8 Å². The van der Waals surface area contributed by atoms with Gasteiger partial charge < -0.3 is 4.74 Å². The first-order chi connectivity index (χ1) is 10.2. The fourth-order valence-corrected chi connectivity index (χ4v) is 2.90. The summed E-state index contributed by atoms with van der Waals surface area (Å²) in [6.45, 7) is 3.60. The van der Waals surface area contributed by atoms with Crippen LogP contribution in [0.15, 0.2) is 34.9 Å². The second-order valence-electron chi connectivity index (χ2n) is 5.27. The highest BCUT2D eigenvalue weighted by atomic mass is 79.9. The number of rotatable bonds is 4. The third-order valence-corrected chi connectivity index (χ3v) is 4.12. The van der Waals surface area contributed by atoms with Crippen molar-refractivity contribution in [1.29, 1.82) is 0 Å². The van der Waals surface area contributed by atoms with Crippen LogP contribution < -0.4 is 0 Å². The molecule has 1 aromatic heterocycles. The van der Waals surface area contributed by atoms with Crippen molar-refractivity contribution in [3.63, 3.8) is 0 Å². The van der Waals surface area contributed by atoms with Crippen LogP contribution in [0.4, 0.5) is 0 Å². The standard InChI is InChI=1S/C16H17BrN2O2/c17-14-2-1-12-10-18-15(8-13(12)7-14)9-16(20)11-19-3-5-21-6-4-19/h1-2,7-8,10H,3-6,9,11H2. The lowest BCUT2D eigenvalue weighted by Crippen LogP contribution is -2.39. The minimum Gasteiger partial charge on any atom is -0.379 e. The molecule has 0 atom stereocenters. The minimum atomic E-state index is 0.207. The van der Waals surface area contributed by atoms with Crippen molar-refractivity contribution in [1.82, 2.24) is 9.88 Å². The molecule has 0 radical (unpaired) electrons. The minimum absolute atomic E-state index is 0.207. The number of carbonyl (C=O) groups excluding carboxylic acids is 1. The maximum atomic E-state index is 12.2. The van der Waals surface area contributed by atoms with E-state index in [1.54, 1.807) is 0 Å². The SMILES string of the molecule is O=C(Cc1cc2cc(Br)ccc2cn1)CN1CCOCC1. The van der Waals surface area contributed by atoms with E-state index in [1.165, 1.54) is 0 Å². The first kappa shape index (κ1) is 14.6. The van der Waals surface area contributed by atoms with Crippen molar-refractivity contribution in [2.45, 2.75) is 6.42 Å². The van der Waals surface area contributed by atoms with E-state index < -0.39 is 0 Å². The molecule has 1 fully saturated rings. The van der Waals surface area contributed by atoms with E-state index in [0.717, 1.165) is 47.2 Å². The van der Waals surface area contributed by atoms with Gasteiger partial charge in [0.15, 0.2) is 5.78 Å². The van der Waals surface area contributed by atoms with Crippen molar-refractivity contribution in [3.05, 3.63) is 40.6 Å². The summed E-state index contributed by atoms with van der Waals surface area (Å²) >= 11 is 3.47. The lowest BCUT2D eigenvalue weighted by atomic mass is 10.1. The number of carbonyl (C=O) groups is 1. The third-order valence-electron chi connectivity index (χ3n) is 3.62. The number of halogens is 1. The molecule has 0 amide bonds. The van der Waals surface area contributed by atoms with Crippen LogP contribution >= 0.6 is 15.9 Å². The van der Waals surface area contributed by atoms with Gasteiger partial charge in [-0.25, -0.2) is 0 Å². The maximum absolute atomic E-state index is 12.2. The van der Waals surface area contributed by atoms with E-state index in [1.807, 2.05) is 30.5 Å². The highest BCUT2D eigenvalue weighted by Gasteiger charge is 2.14. The molecule has 1 aromatic carbocycles. The number of benzene rings is 1. The van der Waals surface area contributed by atoms with Gasteiger partial charge in [-0.05, 0) is 23.6 Å². The van der Waals surface area contributed by atoms with Crippen LogP contribution in [0, 0.1) is 0 Å². The van der Waals surface area contributed by atoms with E-state index in [0.29, 0.717) is 13.0 Å². The van der Waals surface area contributed by atoms with Gasteiger partial charge in [-0.2, -0.15) is 0 Å². The van der Waals surface area contributed by atoms with Gasteiger partial charge in [0, 0.05) is 34.8 Å². The molecule has 4 nitrogen and oxygen atoms in total. The number of hydrogen-bond acceptors (Lipinski definition) is 4. The molecular weight excluding hydrogens is 332 g/mol. The maximum Gasteiger partial charge on any atom is 0.152 e. The van der Waals surface area contributed by atoms with Gasteiger partial charge in [0.25, 0.3) is 0 Å². The van der Waals surface area contributed by atoms with Gasteiger partial charge in [-0.3, -0.25) is 14.7 Å². The molecule has 0 unspecified atom stereocenters. The fourth-order valence-electron chi connectivity index (χ4n) is 2.52. The van der Waals surface area contributed by atoms with Crippen LogP contribution in [-0.4, -0.2) is 48.5 Å². The summed E-state index contributed by atoms with van der Waals surface area (Å²) in [5.74, 6) is 0.207. The largest absolute Gasteiger partial charge is 0.379 e. The second kappa shape index (κ2) is 6.64. The summed E-state index contributed by atoms with van der Waals surface area (Å²) in [4.78, 5) is 18.7. The summed E-state index contributed by atoms with van der Waals surface area (Å²) in [5, 5.41) is 2.19. The predicted octanol–water partition coefficient (Wildman–Crippen LogP) is 2.44. The van der Waals surface area contributed by atoms with Crippen molar-refractivity contribution >= 4 is 32.5 Å². The number of nitrogens with zero attached hydrogens (tertiary/aromatic N) is 2. The van der Waals surface area contributed by atoms with Gasteiger partial charge in [0.05, 0.1) is 26.2 Å². The molecule has 2 heterocycles. The molecule has 0 aliphatic carbocycles. The van der Waals surface area contributed by atoms with Gasteiger partial charge in [-0.1, -0.05) is 22.0 Å². The van der Waals surface area contributed by atoms with Crippen LogP contribution in [0.2, 0.25) is 0 Å². The molecule has 5 heteroatoms. The number of ketones is 1. The van der Waals surface area contributed by atoms with Crippen LogP contribution in [0.5, 0.6) is 0 Å². The summed E-state index contributed by atoms with van der Waals surface area (Å²) < 4.78 is 6.32. The fraction of sp³-hybridized carbons (Fsp3) is 0.375. The quantitative estimate of drug-likeness (QED) is 0.850. The number of fused-ring (bicyclic) bond motifs is 1. The van der Waals surface area contributed by atoms with Gasteiger partial charge in [0.2, 0.25) is 0 Å². The number of hydrogen-bond donors (Lipinski definition) is 0.